The Morgan fingerprint density at radius 3 is 2.41 bits per heavy atom. The van der Waals surface area contributed by atoms with Crippen molar-refractivity contribution in [3.8, 4) is 6.07 Å². The second-order valence-electron chi connectivity index (χ2n) is 4.07. The van der Waals surface area contributed by atoms with E-state index in [1.807, 2.05) is 26.0 Å². The molecule has 1 aromatic carbocycles. The van der Waals surface area contributed by atoms with E-state index in [1.165, 1.54) is 18.3 Å². The molecule has 0 heterocycles. The number of hydrogen-bond donors (Lipinski definition) is 0. The van der Waals surface area contributed by atoms with Gasteiger partial charge in [0.25, 0.3) is 10.0 Å². The lowest BCUT2D eigenvalue weighted by Crippen LogP contribution is -2.34. The van der Waals surface area contributed by atoms with Gasteiger partial charge in [-0.25, -0.2) is 8.42 Å². The van der Waals surface area contributed by atoms with Crippen LogP contribution in [0.3, 0.4) is 0 Å². The highest BCUT2D eigenvalue weighted by Gasteiger charge is 2.26. The van der Waals surface area contributed by atoms with E-state index in [9.17, 15) is 8.42 Å². The molecule has 0 spiro atoms. The van der Waals surface area contributed by atoms with E-state index >= 15 is 0 Å². The van der Waals surface area contributed by atoms with Gasteiger partial charge in [-0.2, -0.15) is 5.26 Å². The van der Waals surface area contributed by atoms with Crippen LogP contribution in [0.4, 0.5) is 5.69 Å². The van der Waals surface area contributed by atoms with Crippen molar-refractivity contribution < 1.29 is 8.42 Å². The molecule has 0 saturated heterocycles. The van der Waals surface area contributed by atoms with E-state index in [0.29, 0.717) is 5.69 Å². The third-order valence-corrected chi connectivity index (χ3v) is 4.66. The molecule has 92 valence electrons. The summed E-state index contributed by atoms with van der Waals surface area (Å²) in [6.07, 6.45) is 0. The van der Waals surface area contributed by atoms with Crippen molar-refractivity contribution in [3.63, 3.8) is 0 Å². The predicted molar refractivity (Wildman–Crippen MR) is 68.3 cm³/mol. The Kier molecular flexibility index (Phi) is 3.79. The summed E-state index contributed by atoms with van der Waals surface area (Å²) in [7, 11) is -2.13. The maximum absolute atomic E-state index is 12.0. The zero-order valence-corrected chi connectivity index (χ0v) is 11.2. The fourth-order valence-electron chi connectivity index (χ4n) is 1.60. The minimum Gasteiger partial charge on any atom is -0.272 e. The molecular formula is C12H16N2O2S. The van der Waals surface area contributed by atoms with E-state index in [4.69, 9.17) is 5.26 Å². The molecule has 1 aromatic rings. The number of nitriles is 1. The van der Waals surface area contributed by atoms with E-state index in [1.54, 1.807) is 12.1 Å². The van der Waals surface area contributed by atoms with Crippen LogP contribution in [0.5, 0.6) is 0 Å². The molecule has 5 heteroatoms. The molecule has 0 aliphatic carbocycles. The van der Waals surface area contributed by atoms with Gasteiger partial charge in [0.2, 0.25) is 0 Å². The van der Waals surface area contributed by atoms with Gasteiger partial charge in [-0.15, -0.1) is 0 Å². The fourth-order valence-corrected chi connectivity index (χ4v) is 2.69. The largest absolute Gasteiger partial charge is 0.272 e. The number of hydrogen-bond acceptors (Lipinski definition) is 3. The topological polar surface area (TPSA) is 61.2 Å². The lowest BCUT2D eigenvalue weighted by atomic mass is 10.1. The summed E-state index contributed by atoms with van der Waals surface area (Å²) in [5.41, 5.74) is 2.56. The normalized spacial score (nSPS) is 12.9. The van der Waals surface area contributed by atoms with Gasteiger partial charge in [-0.3, -0.25) is 4.31 Å². The van der Waals surface area contributed by atoms with E-state index in [-0.39, 0.29) is 0 Å². The van der Waals surface area contributed by atoms with Gasteiger partial charge in [0, 0.05) is 7.05 Å². The zero-order valence-electron chi connectivity index (χ0n) is 10.4. The number of aryl methyl sites for hydroxylation is 2. The summed E-state index contributed by atoms with van der Waals surface area (Å²) in [5.74, 6) is 0. The highest BCUT2D eigenvalue weighted by molar-refractivity contribution is 7.93. The predicted octanol–water partition coefficient (Wildman–Crippen LogP) is 1.98. The second kappa shape index (κ2) is 4.76. The third-order valence-electron chi connectivity index (χ3n) is 2.70. The molecule has 0 aliphatic rings. The summed E-state index contributed by atoms with van der Waals surface area (Å²) in [6, 6.07) is 7.28. The number of benzene rings is 1. The quantitative estimate of drug-likeness (QED) is 0.826. The lowest BCUT2D eigenvalue weighted by molar-refractivity contribution is 0.590. The first-order valence-electron chi connectivity index (χ1n) is 5.25. The molecule has 0 aliphatic heterocycles. The van der Waals surface area contributed by atoms with Crippen molar-refractivity contribution in [1.29, 1.82) is 5.26 Å². The highest BCUT2D eigenvalue weighted by Crippen LogP contribution is 2.23. The van der Waals surface area contributed by atoms with Crippen LogP contribution in [0, 0.1) is 25.2 Å². The van der Waals surface area contributed by atoms with Crippen LogP contribution in [-0.4, -0.2) is 20.7 Å². The maximum atomic E-state index is 12.0. The molecule has 1 atom stereocenters. The van der Waals surface area contributed by atoms with Crippen molar-refractivity contribution in [2.24, 2.45) is 0 Å². The van der Waals surface area contributed by atoms with Crippen LogP contribution in [0.25, 0.3) is 0 Å². The van der Waals surface area contributed by atoms with Gasteiger partial charge in [-0.1, -0.05) is 17.7 Å². The molecule has 0 saturated carbocycles. The average Bonchev–Trinajstić information content (AvgIpc) is 2.27. The smallest absolute Gasteiger partial charge is 0.251 e. The molecule has 17 heavy (non-hydrogen) atoms. The molecule has 0 N–H and O–H groups in total. The molecule has 0 amide bonds. The van der Waals surface area contributed by atoms with Crippen LogP contribution < -0.4 is 4.31 Å². The summed E-state index contributed by atoms with van der Waals surface area (Å²) in [4.78, 5) is 0. The zero-order chi connectivity index (χ0) is 13.2. The van der Waals surface area contributed by atoms with E-state index in [2.05, 4.69) is 0 Å². The molecule has 1 rings (SSSR count). The second-order valence-corrected chi connectivity index (χ2v) is 6.36. The Bertz CT molecular complexity index is 558. The number of anilines is 1. The first kappa shape index (κ1) is 13.5. The minimum atomic E-state index is -3.61. The number of nitrogens with zero attached hydrogens (tertiary/aromatic N) is 2. The number of rotatable bonds is 3. The Balaban J connectivity index is 3.23. The molecule has 0 bridgehead atoms. The van der Waals surface area contributed by atoms with Crippen molar-refractivity contribution in [2.75, 3.05) is 11.4 Å². The van der Waals surface area contributed by atoms with E-state index < -0.39 is 15.3 Å². The molecule has 4 nitrogen and oxygen atoms in total. The molecule has 1 unspecified atom stereocenters. The van der Waals surface area contributed by atoms with Crippen LogP contribution in [0.1, 0.15) is 18.1 Å². The van der Waals surface area contributed by atoms with Gasteiger partial charge >= 0.3 is 0 Å². The van der Waals surface area contributed by atoms with Crippen molar-refractivity contribution >= 4 is 15.7 Å². The molecular weight excluding hydrogens is 236 g/mol. The Labute approximate surface area is 103 Å². The molecule has 0 aromatic heterocycles. The SMILES string of the molecule is Cc1ccc(N(C)S(=O)(=O)C(C)C#N)c(C)c1. The van der Waals surface area contributed by atoms with Crippen LogP contribution in [0.2, 0.25) is 0 Å². The van der Waals surface area contributed by atoms with Gasteiger partial charge in [-0.05, 0) is 32.4 Å². The first-order chi connectivity index (χ1) is 7.80. The van der Waals surface area contributed by atoms with Crippen molar-refractivity contribution in [2.45, 2.75) is 26.0 Å². The Hall–Kier alpha value is -1.54. The number of sulfonamides is 1. The van der Waals surface area contributed by atoms with Gasteiger partial charge in [0.05, 0.1) is 11.8 Å². The summed E-state index contributed by atoms with van der Waals surface area (Å²) < 4.78 is 25.2. The van der Waals surface area contributed by atoms with Crippen LogP contribution in [-0.2, 0) is 10.0 Å². The monoisotopic (exact) mass is 252 g/mol. The highest BCUT2D eigenvalue weighted by atomic mass is 32.2. The van der Waals surface area contributed by atoms with Crippen molar-refractivity contribution in [3.05, 3.63) is 29.3 Å². The minimum absolute atomic E-state index is 0.609. The lowest BCUT2D eigenvalue weighted by Gasteiger charge is -2.22. The fraction of sp³-hybridized carbons (Fsp3) is 0.417. The molecule has 0 fully saturated rings. The van der Waals surface area contributed by atoms with Crippen LogP contribution in [0.15, 0.2) is 18.2 Å². The van der Waals surface area contributed by atoms with Crippen LogP contribution >= 0.6 is 0 Å². The molecule has 0 radical (unpaired) electrons. The van der Waals surface area contributed by atoms with E-state index in [0.717, 1.165) is 11.1 Å². The van der Waals surface area contributed by atoms with Gasteiger partial charge in [0.1, 0.15) is 0 Å². The first-order valence-corrected chi connectivity index (χ1v) is 6.75. The Morgan fingerprint density at radius 1 is 1.35 bits per heavy atom. The summed E-state index contributed by atoms with van der Waals surface area (Å²) in [6.45, 7) is 5.18. The summed E-state index contributed by atoms with van der Waals surface area (Å²) >= 11 is 0. The maximum Gasteiger partial charge on any atom is 0.251 e. The average molecular weight is 252 g/mol. The standard InChI is InChI=1S/C12H16N2O2S/c1-9-5-6-12(10(2)7-9)14(4)17(15,16)11(3)8-13/h5-7,11H,1-4H3. The summed E-state index contributed by atoms with van der Waals surface area (Å²) in [5, 5.41) is 7.68. The van der Waals surface area contributed by atoms with Crippen molar-refractivity contribution in [1.82, 2.24) is 0 Å². The van der Waals surface area contributed by atoms with Gasteiger partial charge < -0.3 is 0 Å². The Morgan fingerprint density at radius 2 is 1.94 bits per heavy atom. The third kappa shape index (κ3) is 2.59. The van der Waals surface area contributed by atoms with Gasteiger partial charge in [0.15, 0.2) is 5.25 Å².